The number of aliphatic hydroxyl groups excluding tert-OH is 1. The molecule has 0 radical (unpaired) electrons. The summed E-state index contributed by atoms with van der Waals surface area (Å²) in [4.78, 5) is 11.3. The van der Waals surface area contributed by atoms with Gasteiger partial charge < -0.3 is 5.11 Å². The minimum Gasteiger partial charge on any atom is -0.393 e. The third-order valence-electron chi connectivity index (χ3n) is 11.2. The third kappa shape index (κ3) is 3.74. The highest BCUT2D eigenvalue weighted by Crippen LogP contribution is 2.70. The third-order valence-corrected chi connectivity index (χ3v) is 12.1. The summed E-state index contributed by atoms with van der Waals surface area (Å²) in [6.45, 7) is 11.9. The van der Waals surface area contributed by atoms with Crippen LogP contribution in [0.5, 0.6) is 0 Å². The van der Waals surface area contributed by atoms with E-state index in [9.17, 15) is 15.2 Å². The van der Waals surface area contributed by atoms with E-state index >= 15 is 0 Å². The molecule has 4 nitrogen and oxygen atoms in total. The van der Waals surface area contributed by atoms with Crippen LogP contribution in [0.2, 0.25) is 0 Å². The zero-order valence-corrected chi connectivity index (χ0v) is 21.7. The van der Waals surface area contributed by atoms with E-state index in [0.717, 1.165) is 37.0 Å². The van der Waals surface area contributed by atoms with Gasteiger partial charge in [-0.1, -0.05) is 53.9 Å². The highest BCUT2D eigenvalue weighted by atomic mass is 35.5. The standard InChI is InChI=1S/C27H46ClNO3/c1-17(2)7-6-8-18(3)21-9-10-22-20-15-24(29(31)32)27(28)16-19(30)11-14-26(27,5)23(20)12-13-25(21,22)4/h17-24,30H,6-16H2,1-5H3/t18-,19-,20+,21+,22-,23+,24+,25-,26-,27+/m1/s1. The summed E-state index contributed by atoms with van der Waals surface area (Å²) in [5.41, 5.74) is 0.0627. The number of halogens is 1. The highest BCUT2D eigenvalue weighted by Gasteiger charge is 2.70. The van der Waals surface area contributed by atoms with Gasteiger partial charge in [0.2, 0.25) is 6.04 Å². The van der Waals surface area contributed by atoms with Gasteiger partial charge in [0.25, 0.3) is 0 Å². The van der Waals surface area contributed by atoms with Gasteiger partial charge in [0.15, 0.2) is 0 Å². The van der Waals surface area contributed by atoms with Gasteiger partial charge in [0.05, 0.1) is 6.10 Å². The lowest BCUT2D eigenvalue weighted by atomic mass is 9.43. The normalized spacial score (nSPS) is 49.2. The van der Waals surface area contributed by atoms with Crippen LogP contribution in [0.1, 0.15) is 105 Å². The zero-order valence-electron chi connectivity index (χ0n) is 21.0. The summed E-state index contributed by atoms with van der Waals surface area (Å²) in [6, 6.07) is -0.741. The second-order valence-corrected chi connectivity index (χ2v) is 13.8. The van der Waals surface area contributed by atoms with E-state index < -0.39 is 17.0 Å². The molecule has 4 aliphatic carbocycles. The summed E-state index contributed by atoms with van der Waals surface area (Å²) >= 11 is 7.23. The Bertz CT molecular complexity index is 715. The van der Waals surface area contributed by atoms with Crippen LogP contribution < -0.4 is 0 Å². The number of hydrogen-bond acceptors (Lipinski definition) is 3. The molecule has 0 unspecified atom stereocenters. The molecule has 0 saturated heterocycles. The smallest absolute Gasteiger partial charge is 0.232 e. The molecule has 0 spiro atoms. The van der Waals surface area contributed by atoms with Crippen molar-refractivity contribution in [2.75, 3.05) is 0 Å². The number of aliphatic hydroxyl groups is 1. The van der Waals surface area contributed by atoms with Crippen molar-refractivity contribution in [1.29, 1.82) is 0 Å². The molecule has 1 N–H and O–H groups in total. The van der Waals surface area contributed by atoms with Crippen LogP contribution in [-0.4, -0.2) is 27.0 Å². The molecule has 0 amide bonds. The summed E-state index contributed by atoms with van der Waals surface area (Å²) in [6.07, 6.45) is 10.9. The van der Waals surface area contributed by atoms with E-state index in [1.165, 1.54) is 38.5 Å². The van der Waals surface area contributed by atoms with Gasteiger partial charge in [-0.3, -0.25) is 10.1 Å². The van der Waals surface area contributed by atoms with E-state index in [0.29, 0.717) is 36.0 Å². The predicted octanol–water partition coefficient (Wildman–Crippen LogP) is 7.09. The first-order valence-corrected chi connectivity index (χ1v) is 13.8. The average molecular weight is 468 g/mol. The number of nitrogens with zero attached hydrogens (tertiary/aromatic N) is 1. The van der Waals surface area contributed by atoms with Crippen LogP contribution >= 0.6 is 11.6 Å². The van der Waals surface area contributed by atoms with E-state index in [4.69, 9.17) is 11.6 Å². The minimum absolute atomic E-state index is 0.0908. The lowest BCUT2D eigenvalue weighted by Crippen LogP contribution is -2.67. The number of rotatable bonds is 6. The molecule has 0 aromatic rings. The van der Waals surface area contributed by atoms with Crippen LogP contribution in [0, 0.1) is 56.5 Å². The van der Waals surface area contributed by atoms with E-state index in [-0.39, 0.29) is 10.3 Å². The molecular weight excluding hydrogens is 422 g/mol. The molecule has 4 aliphatic rings. The fourth-order valence-corrected chi connectivity index (χ4v) is 10.1. The SMILES string of the molecule is CC(C)CCC[C@@H](C)[C@@H]1CC[C@@H]2[C@@H]3C[C@H]([N+](=O)[O-])[C@@]4(Cl)C[C@H](O)CC[C@]4(C)[C@H]3CC[C@@]21C. The second kappa shape index (κ2) is 8.70. The van der Waals surface area contributed by atoms with Gasteiger partial charge in [-0.2, -0.15) is 0 Å². The van der Waals surface area contributed by atoms with Gasteiger partial charge in [-0.05, 0) is 91.3 Å². The maximum atomic E-state index is 12.3. The summed E-state index contributed by atoms with van der Waals surface area (Å²) in [7, 11) is 0. The van der Waals surface area contributed by atoms with Gasteiger partial charge in [0, 0.05) is 11.3 Å². The van der Waals surface area contributed by atoms with Crippen LogP contribution in [-0.2, 0) is 0 Å². The van der Waals surface area contributed by atoms with Crippen LogP contribution in [0.25, 0.3) is 0 Å². The fraction of sp³-hybridized carbons (Fsp3) is 1.00. The van der Waals surface area contributed by atoms with Crippen LogP contribution in [0.3, 0.4) is 0 Å². The van der Waals surface area contributed by atoms with Gasteiger partial charge in [-0.15, -0.1) is 11.6 Å². The van der Waals surface area contributed by atoms with Crippen LogP contribution in [0.4, 0.5) is 0 Å². The van der Waals surface area contributed by atoms with Crippen LogP contribution in [0.15, 0.2) is 0 Å². The molecule has 10 atom stereocenters. The molecule has 32 heavy (non-hydrogen) atoms. The molecule has 0 bridgehead atoms. The average Bonchev–Trinajstić information content (AvgIpc) is 3.05. The maximum absolute atomic E-state index is 12.3. The molecule has 4 fully saturated rings. The number of alkyl halides is 1. The number of hydrogen-bond donors (Lipinski definition) is 1. The first kappa shape index (κ1) is 24.8. The molecular formula is C27H46ClNO3. The summed E-state index contributed by atoms with van der Waals surface area (Å²) in [5.74, 6) is 3.71. The number of fused-ring (bicyclic) bond motifs is 5. The maximum Gasteiger partial charge on any atom is 0.232 e. The van der Waals surface area contributed by atoms with Crippen molar-refractivity contribution in [1.82, 2.24) is 0 Å². The lowest BCUT2D eigenvalue weighted by Gasteiger charge is -2.63. The van der Waals surface area contributed by atoms with Crippen molar-refractivity contribution >= 4 is 11.6 Å². The van der Waals surface area contributed by atoms with Crippen molar-refractivity contribution in [2.24, 2.45) is 46.3 Å². The Labute approximate surface area is 200 Å². The Morgan fingerprint density at radius 1 is 1.06 bits per heavy atom. The topological polar surface area (TPSA) is 63.4 Å². The highest BCUT2D eigenvalue weighted by molar-refractivity contribution is 6.25. The largest absolute Gasteiger partial charge is 0.393 e. The number of nitro groups is 1. The quantitative estimate of drug-likeness (QED) is 0.257. The van der Waals surface area contributed by atoms with E-state index in [1.807, 2.05) is 0 Å². The van der Waals surface area contributed by atoms with Crippen molar-refractivity contribution < 1.29 is 10.0 Å². The van der Waals surface area contributed by atoms with Gasteiger partial charge in [-0.25, -0.2) is 0 Å². The summed E-state index contributed by atoms with van der Waals surface area (Å²) < 4.78 is 0. The van der Waals surface area contributed by atoms with E-state index in [2.05, 4.69) is 34.6 Å². The van der Waals surface area contributed by atoms with E-state index in [1.54, 1.807) is 0 Å². The first-order valence-electron chi connectivity index (χ1n) is 13.4. The Morgan fingerprint density at radius 3 is 2.44 bits per heavy atom. The molecule has 0 aromatic carbocycles. The molecule has 4 rings (SSSR count). The minimum atomic E-state index is -0.911. The Balaban J connectivity index is 1.59. The van der Waals surface area contributed by atoms with Crippen molar-refractivity contribution in [3.8, 4) is 0 Å². The lowest BCUT2D eigenvalue weighted by molar-refractivity contribution is -0.543. The molecule has 4 saturated carbocycles. The zero-order chi connectivity index (χ0) is 23.5. The Kier molecular flexibility index (Phi) is 6.73. The molecule has 184 valence electrons. The summed E-state index contributed by atoms with van der Waals surface area (Å²) in [5, 5.41) is 22.7. The fourth-order valence-electron chi connectivity index (χ4n) is 9.49. The predicted molar refractivity (Wildman–Crippen MR) is 130 cm³/mol. The molecule has 0 heterocycles. The van der Waals surface area contributed by atoms with Crippen molar-refractivity contribution in [2.45, 2.75) is 122 Å². The first-order chi connectivity index (χ1) is 14.9. The van der Waals surface area contributed by atoms with Gasteiger partial charge >= 0.3 is 0 Å². The Hall–Kier alpha value is -0.350. The van der Waals surface area contributed by atoms with Gasteiger partial charge in [0.1, 0.15) is 4.87 Å². The van der Waals surface area contributed by atoms with Crippen molar-refractivity contribution in [3.05, 3.63) is 10.1 Å². The van der Waals surface area contributed by atoms with Crippen molar-refractivity contribution in [3.63, 3.8) is 0 Å². The monoisotopic (exact) mass is 467 g/mol. The molecule has 0 aliphatic heterocycles. The molecule has 0 aromatic heterocycles. The second-order valence-electron chi connectivity index (χ2n) is 13.1. The molecule has 5 heteroatoms. The Morgan fingerprint density at radius 2 is 1.78 bits per heavy atom.